The zero-order valence-corrected chi connectivity index (χ0v) is 19.0. The minimum absolute atomic E-state index is 0.261. The van der Waals surface area contributed by atoms with Crippen molar-refractivity contribution in [2.75, 3.05) is 46.4 Å². The maximum absolute atomic E-state index is 13.0. The van der Waals surface area contributed by atoms with Gasteiger partial charge in [-0.25, -0.2) is 4.98 Å². The average Bonchev–Trinajstić information content (AvgIpc) is 3.27. The van der Waals surface area contributed by atoms with Crippen LogP contribution in [0.4, 0.5) is 0 Å². The maximum Gasteiger partial charge on any atom is 0.218 e. The number of thiazole rings is 1. The number of ketones is 1. The molecule has 1 saturated heterocycles. The number of nitrogens with one attached hydrogen (secondary N) is 2. The summed E-state index contributed by atoms with van der Waals surface area (Å²) in [4.78, 5) is 20.7. The van der Waals surface area contributed by atoms with E-state index in [1.807, 2.05) is 19.1 Å². The Hall–Kier alpha value is -2.06. The average molecular weight is 429 g/mol. The summed E-state index contributed by atoms with van der Waals surface area (Å²) < 4.78 is 8.66. The fraction of sp³-hybridized carbons (Fsp3) is 0.478. The third-order valence-electron chi connectivity index (χ3n) is 6.21. The Kier molecular flexibility index (Phi) is 6.63. The molecule has 3 heterocycles. The first kappa shape index (κ1) is 21.2. The summed E-state index contributed by atoms with van der Waals surface area (Å²) in [6.45, 7) is 11.4. The third kappa shape index (κ3) is 4.64. The number of benzene rings is 1. The van der Waals surface area contributed by atoms with Crippen LogP contribution in [0.5, 0.6) is 0 Å². The Labute approximate surface area is 182 Å². The van der Waals surface area contributed by atoms with Crippen molar-refractivity contribution in [3.8, 4) is 0 Å². The number of carbonyl (C=O) groups is 1. The van der Waals surface area contributed by atoms with Crippen molar-refractivity contribution in [2.24, 2.45) is 0 Å². The molecule has 2 aromatic heterocycles. The number of hydrogen-bond acceptors (Lipinski definition) is 4. The van der Waals surface area contributed by atoms with E-state index in [4.69, 9.17) is 9.72 Å². The van der Waals surface area contributed by atoms with Crippen LogP contribution < -0.4 is 9.80 Å². The molecule has 1 aromatic carbocycles. The van der Waals surface area contributed by atoms with Crippen LogP contribution in [0.1, 0.15) is 26.8 Å². The molecule has 0 atom stereocenters. The van der Waals surface area contributed by atoms with Crippen LogP contribution in [0.2, 0.25) is 0 Å². The maximum atomic E-state index is 13.0. The van der Waals surface area contributed by atoms with Crippen LogP contribution in [0, 0.1) is 13.8 Å². The second-order valence-electron chi connectivity index (χ2n) is 8.28. The number of ether oxygens (including phenoxy) is 1. The normalized spacial score (nSPS) is 19.4. The smallest absolute Gasteiger partial charge is 0.218 e. The summed E-state index contributed by atoms with van der Waals surface area (Å²) in [5, 5.41) is 1.22. The fourth-order valence-corrected chi connectivity index (χ4v) is 5.49. The number of fused-ring (bicyclic) bond motifs is 1. The van der Waals surface area contributed by atoms with E-state index in [2.05, 4.69) is 29.7 Å². The molecule has 7 heteroatoms. The Balaban J connectivity index is 1.31. The third-order valence-corrected chi connectivity index (χ3v) is 7.24. The van der Waals surface area contributed by atoms with Crippen LogP contribution in [-0.2, 0) is 17.8 Å². The van der Waals surface area contributed by atoms with Crippen LogP contribution in [0.25, 0.3) is 10.2 Å². The standard InChI is InChI=1S/C23H30N4O2S/c1-17-14-19(18(2)27(17)12-13-29-3)21(28)15-25-8-10-26(11-9-25)16-23-24-20-6-4-5-7-22(20)30-23/h4-7,14H,8-13,15-16H2,1-3H3/p+2. The predicted molar refractivity (Wildman–Crippen MR) is 120 cm³/mol. The predicted octanol–water partition coefficient (Wildman–Crippen LogP) is 0.527. The van der Waals surface area contributed by atoms with E-state index >= 15 is 0 Å². The SMILES string of the molecule is COCCn1c(C)cc(C(=O)C[NH+]2CC[NH+](Cc3nc4ccccc4s3)CC2)c1C. The number of aromatic nitrogens is 2. The Morgan fingerprint density at radius 1 is 1.17 bits per heavy atom. The number of quaternary nitrogens is 2. The van der Waals surface area contributed by atoms with Gasteiger partial charge < -0.3 is 19.1 Å². The molecular weight excluding hydrogens is 396 g/mol. The Bertz CT molecular complexity index is 985. The van der Waals surface area contributed by atoms with Crippen molar-refractivity contribution >= 4 is 27.3 Å². The Morgan fingerprint density at radius 3 is 2.63 bits per heavy atom. The monoisotopic (exact) mass is 428 g/mol. The number of Topliss-reactive ketones (excluding diaryl/α,β-unsaturated/α-hetero) is 1. The van der Waals surface area contributed by atoms with E-state index in [0.29, 0.717) is 13.2 Å². The van der Waals surface area contributed by atoms with Crippen LogP contribution in [-0.4, -0.2) is 61.8 Å². The van der Waals surface area contributed by atoms with E-state index in [1.54, 1.807) is 23.3 Å². The number of nitrogens with zero attached hydrogens (tertiary/aromatic N) is 2. The second kappa shape index (κ2) is 9.39. The summed E-state index contributed by atoms with van der Waals surface area (Å²) in [6, 6.07) is 10.4. The number of aryl methyl sites for hydroxylation is 1. The first-order chi connectivity index (χ1) is 14.5. The van der Waals surface area contributed by atoms with E-state index in [-0.39, 0.29) is 5.78 Å². The van der Waals surface area contributed by atoms with Gasteiger partial charge in [0.15, 0.2) is 0 Å². The largest absolute Gasteiger partial charge is 0.383 e. The van der Waals surface area contributed by atoms with Gasteiger partial charge in [-0.3, -0.25) is 4.79 Å². The molecule has 1 aliphatic heterocycles. The van der Waals surface area contributed by atoms with Crippen molar-refractivity contribution in [3.05, 3.63) is 52.3 Å². The first-order valence-corrected chi connectivity index (χ1v) is 11.6. The van der Waals surface area contributed by atoms with Gasteiger partial charge >= 0.3 is 0 Å². The molecule has 4 rings (SSSR count). The fourth-order valence-electron chi connectivity index (χ4n) is 4.45. The molecule has 6 nitrogen and oxygen atoms in total. The minimum Gasteiger partial charge on any atom is -0.383 e. The van der Waals surface area contributed by atoms with Gasteiger partial charge in [-0.15, -0.1) is 11.3 Å². The highest BCUT2D eigenvalue weighted by molar-refractivity contribution is 7.18. The number of hydrogen-bond donors (Lipinski definition) is 2. The number of carbonyl (C=O) groups excluding carboxylic acids is 1. The van der Waals surface area contributed by atoms with Gasteiger partial charge in [-0.2, -0.15) is 0 Å². The zero-order chi connectivity index (χ0) is 21.1. The lowest BCUT2D eigenvalue weighted by Crippen LogP contribution is -3.27. The molecule has 0 aliphatic carbocycles. The quantitative estimate of drug-likeness (QED) is 0.515. The first-order valence-electron chi connectivity index (χ1n) is 10.8. The second-order valence-corrected chi connectivity index (χ2v) is 9.40. The van der Waals surface area contributed by atoms with Gasteiger partial charge in [-0.05, 0) is 32.0 Å². The van der Waals surface area contributed by atoms with E-state index < -0.39 is 0 Å². The summed E-state index contributed by atoms with van der Waals surface area (Å²) in [5.74, 6) is 0.261. The molecule has 160 valence electrons. The molecule has 2 N–H and O–H groups in total. The van der Waals surface area contributed by atoms with Crippen molar-refractivity contribution in [2.45, 2.75) is 26.9 Å². The lowest BCUT2D eigenvalue weighted by atomic mass is 10.1. The van der Waals surface area contributed by atoms with Gasteiger partial charge in [0.05, 0.1) is 16.8 Å². The Morgan fingerprint density at radius 2 is 1.90 bits per heavy atom. The number of para-hydroxylation sites is 1. The van der Waals surface area contributed by atoms with E-state index in [0.717, 1.165) is 61.7 Å². The number of methoxy groups -OCH3 is 1. The topological polar surface area (TPSA) is 53.0 Å². The van der Waals surface area contributed by atoms with Crippen LogP contribution >= 0.6 is 11.3 Å². The molecule has 0 spiro atoms. The van der Waals surface area contributed by atoms with Gasteiger partial charge in [-0.1, -0.05) is 12.1 Å². The van der Waals surface area contributed by atoms with Gasteiger partial charge in [0.25, 0.3) is 0 Å². The molecule has 1 fully saturated rings. The van der Waals surface area contributed by atoms with Gasteiger partial charge in [0, 0.05) is 30.6 Å². The highest BCUT2D eigenvalue weighted by Crippen LogP contribution is 2.20. The highest BCUT2D eigenvalue weighted by atomic mass is 32.1. The van der Waals surface area contributed by atoms with Crippen molar-refractivity contribution in [3.63, 3.8) is 0 Å². The van der Waals surface area contributed by atoms with Gasteiger partial charge in [0.1, 0.15) is 44.3 Å². The minimum atomic E-state index is 0.261. The molecule has 0 radical (unpaired) electrons. The van der Waals surface area contributed by atoms with E-state index in [1.165, 1.54) is 14.6 Å². The number of rotatable bonds is 8. The summed E-state index contributed by atoms with van der Waals surface area (Å²) in [6.07, 6.45) is 0. The molecule has 30 heavy (non-hydrogen) atoms. The van der Waals surface area contributed by atoms with Crippen molar-refractivity contribution < 1.29 is 19.3 Å². The molecular formula is C23H32N4O2S+2. The van der Waals surface area contributed by atoms with Crippen LogP contribution in [0.15, 0.2) is 30.3 Å². The molecule has 0 amide bonds. The molecule has 3 aromatic rings. The van der Waals surface area contributed by atoms with E-state index in [9.17, 15) is 4.79 Å². The van der Waals surface area contributed by atoms with Crippen molar-refractivity contribution in [1.82, 2.24) is 9.55 Å². The number of piperazine rings is 1. The molecule has 0 saturated carbocycles. The molecule has 0 bridgehead atoms. The summed E-state index contributed by atoms with van der Waals surface area (Å²) >= 11 is 1.81. The zero-order valence-electron chi connectivity index (χ0n) is 18.2. The lowest BCUT2D eigenvalue weighted by Gasteiger charge is -2.28. The molecule has 0 unspecified atom stereocenters. The summed E-state index contributed by atoms with van der Waals surface area (Å²) in [5.41, 5.74) is 4.18. The van der Waals surface area contributed by atoms with Gasteiger partial charge in [0.2, 0.25) is 5.78 Å². The lowest BCUT2D eigenvalue weighted by molar-refractivity contribution is -1.01. The van der Waals surface area contributed by atoms with Crippen LogP contribution in [0.3, 0.4) is 0 Å². The highest BCUT2D eigenvalue weighted by Gasteiger charge is 2.27. The van der Waals surface area contributed by atoms with Crippen molar-refractivity contribution in [1.29, 1.82) is 0 Å². The molecule has 1 aliphatic rings. The summed E-state index contributed by atoms with van der Waals surface area (Å²) in [7, 11) is 1.71.